The predicted molar refractivity (Wildman–Crippen MR) is 73.6 cm³/mol. The van der Waals surface area contributed by atoms with Crippen molar-refractivity contribution >= 4 is 11.6 Å². The number of carbonyl (C=O) groups excluding carboxylic acids is 1. The highest BCUT2D eigenvalue weighted by molar-refractivity contribution is 5.95. The molecule has 0 aliphatic carbocycles. The van der Waals surface area contributed by atoms with Gasteiger partial charge in [-0.1, -0.05) is 0 Å². The molecule has 10 heteroatoms. The number of hydrazine groups is 1. The highest BCUT2D eigenvalue weighted by Gasteiger charge is 2.34. The standard InChI is InChI=1S/C15H7F6N3O/c16-10-4-8(5-11(17)13(10)18)14(25)24-23-12-2-1-7(6-22)3-9(12)15(19,20)21/h1-5,23H,(H,24,25). The molecule has 130 valence electrons. The summed E-state index contributed by atoms with van der Waals surface area (Å²) in [5, 5.41) is 8.65. The number of benzene rings is 2. The van der Waals surface area contributed by atoms with Gasteiger partial charge in [-0.2, -0.15) is 18.4 Å². The maximum Gasteiger partial charge on any atom is 0.418 e. The summed E-state index contributed by atoms with van der Waals surface area (Å²) < 4.78 is 77.9. The van der Waals surface area contributed by atoms with Gasteiger partial charge in [0.1, 0.15) is 0 Å². The van der Waals surface area contributed by atoms with Gasteiger partial charge in [-0.15, -0.1) is 0 Å². The first-order chi connectivity index (χ1) is 11.6. The normalized spacial score (nSPS) is 10.9. The Kier molecular flexibility index (Phi) is 4.87. The van der Waals surface area contributed by atoms with Crippen molar-refractivity contribution < 1.29 is 31.1 Å². The van der Waals surface area contributed by atoms with Gasteiger partial charge < -0.3 is 0 Å². The van der Waals surface area contributed by atoms with Gasteiger partial charge >= 0.3 is 6.18 Å². The van der Waals surface area contributed by atoms with Crippen LogP contribution in [-0.2, 0) is 6.18 Å². The van der Waals surface area contributed by atoms with E-state index in [0.717, 1.165) is 12.1 Å². The highest BCUT2D eigenvalue weighted by atomic mass is 19.4. The Labute approximate surface area is 136 Å². The van der Waals surface area contributed by atoms with Crippen LogP contribution < -0.4 is 10.9 Å². The molecular weight excluding hydrogens is 352 g/mol. The fraction of sp³-hybridized carbons (Fsp3) is 0.0667. The van der Waals surface area contributed by atoms with Crippen molar-refractivity contribution in [1.82, 2.24) is 5.43 Å². The molecule has 0 aromatic heterocycles. The lowest BCUT2D eigenvalue weighted by Gasteiger charge is -2.15. The van der Waals surface area contributed by atoms with E-state index in [9.17, 15) is 31.1 Å². The highest BCUT2D eigenvalue weighted by Crippen LogP contribution is 2.35. The van der Waals surface area contributed by atoms with Crippen LogP contribution in [0.3, 0.4) is 0 Å². The van der Waals surface area contributed by atoms with Gasteiger partial charge in [0.05, 0.1) is 22.9 Å². The Morgan fingerprint density at radius 3 is 2.16 bits per heavy atom. The van der Waals surface area contributed by atoms with E-state index in [1.165, 1.54) is 0 Å². The fourth-order valence-corrected chi connectivity index (χ4v) is 1.84. The first-order valence-electron chi connectivity index (χ1n) is 6.45. The van der Waals surface area contributed by atoms with Crippen LogP contribution in [0.25, 0.3) is 0 Å². The van der Waals surface area contributed by atoms with Crippen molar-refractivity contribution in [1.29, 1.82) is 5.26 Å². The maximum absolute atomic E-state index is 13.1. The summed E-state index contributed by atoms with van der Waals surface area (Å²) in [5.74, 6) is -6.23. The Balaban J connectivity index is 2.24. The molecule has 2 aromatic rings. The SMILES string of the molecule is N#Cc1ccc(NNC(=O)c2cc(F)c(F)c(F)c2)c(C(F)(F)F)c1. The molecule has 0 unspecified atom stereocenters. The average molecular weight is 359 g/mol. The molecule has 0 saturated heterocycles. The smallest absolute Gasteiger partial charge is 0.298 e. The topological polar surface area (TPSA) is 64.9 Å². The van der Waals surface area contributed by atoms with E-state index < -0.39 is 46.3 Å². The van der Waals surface area contributed by atoms with Crippen molar-refractivity contribution in [2.75, 3.05) is 5.43 Å². The number of anilines is 1. The summed E-state index contributed by atoms with van der Waals surface area (Å²) in [6, 6.07) is 4.84. The minimum absolute atomic E-state index is 0.258. The van der Waals surface area contributed by atoms with E-state index in [2.05, 4.69) is 0 Å². The molecule has 0 atom stereocenters. The first kappa shape index (κ1) is 18.1. The molecule has 0 bridgehead atoms. The number of nitriles is 1. The van der Waals surface area contributed by atoms with Crippen molar-refractivity contribution in [2.24, 2.45) is 0 Å². The molecule has 0 spiro atoms. The molecule has 0 aliphatic rings. The first-order valence-corrected chi connectivity index (χ1v) is 6.45. The molecule has 2 N–H and O–H groups in total. The second kappa shape index (κ2) is 6.72. The maximum atomic E-state index is 13.1. The number of hydrogen-bond donors (Lipinski definition) is 2. The number of hydrogen-bond acceptors (Lipinski definition) is 3. The van der Waals surface area contributed by atoms with Gasteiger partial charge in [0, 0.05) is 5.56 Å². The zero-order chi connectivity index (χ0) is 18.8. The second-order valence-corrected chi connectivity index (χ2v) is 4.70. The average Bonchev–Trinajstić information content (AvgIpc) is 2.56. The Hall–Kier alpha value is -3.22. The van der Waals surface area contributed by atoms with E-state index in [4.69, 9.17) is 5.26 Å². The molecular formula is C15H7F6N3O. The number of alkyl halides is 3. The van der Waals surface area contributed by atoms with Gasteiger partial charge in [0.25, 0.3) is 5.91 Å². The zero-order valence-corrected chi connectivity index (χ0v) is 12.0. The van der Waals surface area contributed by atoms with Crippen LogP contribution in [0.1, 0.15) is 21.5 Å². The number of amides is 1. The third-order valence-corrected chi connectivity index (χ3v) is 3.01. The lowest BCUT2D eigenvalue weighted by Crippen LogP contribution is -2.30. The summed E-state index contributed by atoms with van der Waals surface area (Å²) in [7, 11) is 0. The van der Waals surface area contributed by atoms with Crippen LogP contribution in [0.2, 0.25) is 0 Å². The lowest BCUT2D eigenvalue weighted by atomic mass is 10.1. The Morgan fingerprint density at radius 2 is 1.64 bits per heavy atom. The van der Waals surface area contributed by atoms with E-state index in [-0.39, 0.29) is 5.56 Å². The van der Waals surface area contributed by atoms with Crippen LogP contribution in [-0.4, -0.2) is 5.91 Å². The van der Waals surface area contributed by atoms with Crippen LogP contribution >= 0.6 is 0 Å². The lowest BCUT2D eigenvalue weighted by molar-refractivity contribution is -0.137. The number of halogens is 6. The summed E-state index contributed by atoms with van der Waals surface area (Å²) in [5.41, 5.74) is 1.03. The molecule has 0 heterocycles. The largest absolute Gasteiger partial charge is 0.418 e. The molecule has 0 fully saturated rings. The molecule has 25 heavy (non-hydrogen) atoms. The molecule has 4 nitrogen and oxygen atoms in total. The van der Waals surface area contributed by atoms with Crippen LogP contribution in [0, 0.1) is 28.8 Å². The van der Waals surface area contributed by atoms with Gasteiger partial charge in [-0.3, -0.25) is 15.6 Å². The van der Waals surface area contributed by atoms with Crippen molar-refractivity contribution in [3.63, 3.8) is 0 Å². The van der Waals surface area contributed by atoms with Gasteiger partial charge in [0.2, 0.25) is 0 Å². The van der Waals surface area contributed by atoms with Gasteiger partial charge in [-0.25, -0.2) is 13.2 Å². The van der Waals surface area contributed by atoms with E-state index in [0.29, 0.717) is 18.2 Å². The summed E-state index contributed by atoms with van der Waals surface area (Å²) in [6.07, 6.45) is -4.83. The number of nitrogens with one attached hydrogen (secondary N) is 2. The zero-order valence-electron chi connectivity index (χ0n) is 12.0. The monoisotopic (exact) mass is 359 g/mol. The van der Waals surface area contributed by atoms with Crippen molar-refractivity contribution in [3.05, 3.63) is 64.5 Å². The van der Waals surface area contributed by atoms with E-state index >= 15 is 0 Å². The van der Waals surface area contributed by atoms with Crippen LogP contribution in [0.5, 0.6) is 0 Å². The quantitative estimate of drug-likeness (QED) is 0.498. The third kappa shape index (κ3) is 4.00. The van der Waals surface area contributed by atoms with Gasteiger partial charge in [0.15, 0.2) is 17.5 Å². The van der Waals surface area contributed by atoms with Crippen molar-refractivity contribution in [3.8, 4) is 6.07 Å². The van der Waals surface area contributed by atoms with Crippen LogP contribution in [0.4, 0.5) is 32.0 Å². The third-order valence-electron chi connectivity index (χ3n) is 3.01. The van der Waals surface area contributed by atoms with E-state index in [1.807, 2.05) is 10.9 Å². The second-order valence-electron chi connectivity index (χ2n) is 4.70. The summed E-state index contributed by atoms with van der Waals surface area (Å²) in [6.45, 7) is 0. The Morgan fingerprint density at radius 1 is 1.04 bits per heavy atom. The fourth-order valence-electron chi connectivity index (χ4n) is 1.84. The summed E-state index contributed by atoms with van der Waals surface area (Å²) in [4.78, 5) is 11.8. The molecule has 2 rings (SSSR count). The molecule has 0 aliphatic heterocycles. The molecule has 0 radical (unpaired) electrons. The van der Waals surface area contributed by atoms with Gasteiger partial charge in [-0.05, 0) is 30.3 Å². The molecule has 0 saturated carbocycles. The number of nitrogens with zero attached hydrogens (tertiary/aromatic N) is 1. The minimum atomic E-state index is -4.83. The van der Waals surface area contributed by atoms with Crippen LogP contribution in [0.15, 0.2) is 30.3 Å². The summed E-state index contributed by atoms with van der Waals surface area (Å²) >= 11 is 0. The minimum Gasteiger partial charge on any atom is -0.298 e. The predicted octanol–water partition coefficient (Wildman–Crippen LogP) is 3.75. The molecule has 1 amide bonds. The van der Waals surface area contributed by atoms with E-state index in [1.54, 1.807) is 6.07 Å². The number of carbonyl (C=O) groups is 1. The Bertz CT molecular complexity index is 850. The van der Waals surface area contributed by atoms with Crippen molar-refractivity contribution in [2.45, 2.75) is 6.18 Å². The number of rotatable bonds is 3. The molecule has 2 aromatic carbocycles.